The maximum Gasteiger partial charge on any atom is 0.151 e. The molecule has 0 heterocycles. The van der Waals surface area contributed by atoms with Gasteiger partial charge in [0.15, 0.2) is 6.29 Å². The highest BCUT2D eigenvalue weighted by molar-refractivity contribution is 7.82. The quantitative estimate of drug-likeness (QED) is 0.697. The Morgan fingerprint density at radius 1 is 1.36 bits per heavy atom. The normalized spacial score (nSPS) is 11.1. The average molecular weight is 214 g/mol. The van der Waals surface area contributed by atoms with Gasteiger partial charge in [-0.1, -0.05) is 12.1 Å². The van der Waals surface area contributed by atoms with Gasteiger partial charge in [0.25, 0.3) is 0 Å². The zero-order valence-corrected chi connectivity index (χ0v) is 9.01. The Labute approximate surface area is 85.9 Å². The molecule has 0 aromatic heterocycles. The van der Waals surface area contributed by atoms with E-state index >= 15 is 0 Å². The Morgan fingerprint density at radius 2 is 1.93 bits per heavy atom. The monoisotopic (exact) mass is 214 g/mol. The molecular formula is C9H14N2O2S. The zero-order valence-electron chi connectivity index (χ0n) is 8.19. The molecule has 0 aliphatic rings. The van der Waals surface area contributed by atoms with Gasteiger partial charge in [-0.3, -0.25) is 4.79 Å². The van der Waals surface area contributed by atoms with Gasteiger partial charge >= 0.3 is 0 Å². The van der Waals surface area contributed by atoms with Crippen molar-refractivity contribution in [3.8, 4) is 0 Å². The third-order valence-corrected chi connectivity index (χ3v) is 2.41. The molecule has 0 radical (unpaired) electrons. The summed E-state index contributed by atoms with van der Waals surface area (Å²) in [4.78, 5) is 11.0. The first-order valence-electron chi connectivity index (χ1n) is 3.95. The number of aldehydes is 1. The fraction of sp³-hybridized carbons (Fsp3) is 0.222. The highest BCUT2D eigenvalue weighted by Gasteiger charge is 2.06. The highest BCUT2D eigenvalue weighted by Crippen LogP contribution is 2.13. The van der Waals surface area contributed by atoms with Crippen LogP contribution in [0.25, 0.3) is 0 Å². The number of aryl methyl sites for hydroxylation is 1. The van der Waals surface area contributed by atoms with Gasteiger partial charge in [0, 0.05) is 5.56 Å². The summed E-state index contributed by atoms with van der Waals surface area (Å²) in [5.41, 5.74) is 5.72. The van der Waals surface area contributed by atoms with Crippen LogP contribution in [0.3, 0.4) is 0 Å². The fourth-order valence-corrected chi connectivity index (χ4v) is 1.62. The first-order valence-corrected chi connectivity index (χ1v) is 5.17. The van der Waals surface area contributed by atoms with Gasteiger partial charge < -0.3 is 5.73 Å². The van der Waals surface area contributed by atoms with Crippen molar-refractivity contribution in [1.82, 2.24) is 0 Å². The molecule has 14 heavy (non-hydrogen) atoms. The molecule has 0 aliphatic carbocycles. The van der Waals surface area contributed by atoms with Gasteiger partial charge in [-0.15, -0.1) is 0 Å². The van der Waals surface area contributed by atoms with Crippen molar-refractivity contribution < 1.29 is 9.00 Å². The summed E-state index contributed by atoms with van der Waals surface area (Å²) < 4.78 is 10.9. The van der Waals surface area contributed by atoms with Crippen LogP contribution in [-0.2, 0) is 11.0 Å². The van der Waals surface area contributed by atoms with Gasteiger partial charge in [-0.2, -0.15) is 0 Å². The van der Waals surface area contributed by atoms with Crippen molar-refractivity contribution in [3.05, 3.63) is 29.3 Å². The van der Waals surface area contributed by atoms with Crippen LogP contribution in [0.1, 0.15) is 15.9 Å². The molecule has 0 fully saturated rings. The minimum Gasteiger partial charge on any atom is -0.333 e. The standard InChI is InChI=1S/C8H9NO2S.CH5N/c1-6-3-2-4-8(12(9)11)7(6)5-10;1-2/h2-5H,9H2,1H3;2H2,1H3. The Hall–Kier alpha value is -1.04. The predicted molar refractivity (Wildman–Crippen MR) is 57.3 cm³/mol. The minimum atomic E-state index is -1.58. The van der Waals surface area contributed by atoms with Gasteiger partial charge in [0.1, 0.15) is 11.0 Å². The van der Waals surface area contributed by atoms with Crippen molar-refractivity contribution in [2.24, 2.45) is 10.9 Å². The molecule has 1 aromatic carbocycles. The van der Waals surface area contributed by atoms with Gasteiger partial charge in [-0.25, -0.2) is 9.35 Å². The van der Waals surface area contributed by atoms with Crippen molar-refractivity contribution in [3.63, 3.8) is 0 Å². The van der Waals surface area contributed by atoms with Crippen molar-refractivity contribution in [2.75, 3.05) is 7.05 Å². The number of nitrogens with two attached hydrogens (primary N) is 2. The molecule has 0 saturated carbocycles. The van der Waals surface area contributed by atoms with E-state index in [9.17, 15) is 9.00 Å². The number of rotatable bonds is 2. The van der Waals surface area contributed by atoms with Crippen LogP contribution < -0.4 is 10.9 Å². The van der Waals surface area contributed by atoms with E-state index in [-0.39, 0.29) is 0 Å². The summed E-state index contributed by atoms with van der Waals surface area (Å²) >= 11 is 0. The number of benzene rings is 1. The lowest BCUT2D eigenvalue weighted by molar-refractivity contribution is 0.112. The maximum absolute atomic E-state index is 10.9. The molecule has 78 valence electrons. The molecule has 1 rings (SSSR count). The topological polar surface area (TPSA) is 86.2 Å². The highest BCUT2D eigenvalue weighted by atomic mass is 32.2. The van der Waals surface area contributed by atoms with E-state index in [0.717, 1.165) is 5.56 Å². The van der Waals surface area contributed by atoms with Crippen molar-refractivity contribution in [1.29, 1.82) is 0 Å². The maximum atomic E-state index is 10.9. The molecule has 0 aliphatic heterocycles. The Balaban J connectivity index is 0.000000791. The molecule has 1 unspecified atom stereocenters. The van der Waals surface area contributed by atoms with Crippen LogP contribution in [0, 0.1) is 6.92 Å². The molecule has 0 saturated heterocycles. The SMILES string of the molecule is CN.Cc1cccc(S(N)=O)c1C=O. The van der Waals surface area contributed by atoms with E-state index in [0.29, 0.717) is 16.7 Å². The predicted octanol–water partition coefficient (Wildman–Crippen LogP) is 0.364. The summed E-state index contributed by atoms with van der Waals surface area (Å²) in [5.74, 6) is 0. The third-order valence-electron chi connectivity index (χ3n) is 1.62. The minimum absolute atomic E-state index is 0.394. The third kappa shape index (κ3) is 3.02. The lowest BCUT2D eigenvalue weighted by Crippen LogP contribution is -2.06. The lowest BCUT2D eigenvalue weighted by Gasteiger charge is -2.02. The summed E-state index contributed by atoms with van der Waals surface area (Å²) in [6.45, 7) is 1.78. The number of carbonyl (C=O) groups is 1. The van der Waals surface area contributed by atoms with Crippen LogP contribution in [0.4, 0.5) is 0 Å². The molecule has 5 heteroatoms. The van der Waals surface area contributed by atoms with E-state index in [1.165, 1.54) is 7.05 Å². The summed E-state index contributed by atoms with van der Waals surface area (Å²) in [6, 6.07) is 5.09. The second-order valence-electron chi connectivity index (χ2n) is 2.40. The van der Waals surface area contributed by atoms with Gasteiger partial charge in [0.2, 0.25) is 0 Å². The van der Waals surface area contributed by atoms with Crippen LogP contribution >= 0.6 is 0 Å². The van der Waals surface area contributed by atoms with Crippen LogP contribution in [0.15, 0.2) is 23.1 Å². The van der Waals surface area contributed by atoms with Crippen molar-refractivity contribution in [2.45, 2.75) is 11.8 Å². The smallest absolute Gasteiger partial charge is 0.151 e. The van der Waals surface area contributed by atoms with Crippen molar-refractivity contribution >= 4 is 17.3 Å². The first kappa shape index (κ1) is 13.0. The molecule has 0 bridgehead atoms. The zero-order chi connectivity index (χ0) is 11.1. The van der Waals surface area contributed by atoms with E-state index < -0.39 is 11.0 Å². The van der Waals surface area contributed by atoms with Crippen LogP contribution in [-0.4, -0.2) is 17.5 Å². The van der Waals surface area contributed by atoms with E-state index in [2.05, 4.69) is 5.73 Å². The summed E-state index contributed by atoms with van der Waals surface area (Å²) in [6.07, 6.45) is 0.676. The molecular weight excluding hydrogens is 200 g/mol. The second kappa shape index (κ2) is 6.42. The van der Waals surface area contributed by atoms with Gasteiger partial charge in [0.05, 0.1) is 4.90 Å². The molecule has 1 atom stereocenters. The summed E-state index contributed by atoms with van der Waals surface area (Å²) in [7, 11) is -0.0819. The Kier molecular flexibility index (Phi) is 5.94. The molecule has 4 N–H and O–H groups in total. The van der Waals surface area contributed by atoms with E-state index in [4.69, 9.17) is 5.14 Å². The Morgan fingerprint density at radius 3 is 2.29 bits per heavy atom. The largest absolute Gasteiger partial charge is 0.333 e. The number of hydrogen-bond acceptors (Lipinski definition) is 3. The van der Waals surface area contributed by atoms with Crippen LogP contribution in [0.2, 0.25) is 0 Å². The van der Waals surface area contributed by atoms with Gasteiger partial charge in [-0.05, 0) is 25.6 Å². The van der Waals surface area contributed by atoms with E-state index in [1.807, 2.05) is 0 Å². The fourth-order valence-electron chi connectivity index (χ4n) is 0.980. The second-order valence-corrected chi connectivity index (χ2v) is 3.44. The first-order chi connectivity index (χ1) is 6.66. The number of carbonyl (C=O) groups excluding carboxylic acids is 1. The van der Waals surface area contributed by atoms with E-state index in [1.54, 1.807) is 25.1 Å². The molecule has 1 aromatic rings. The molecule has 0 spiro atoms. The Bertz CT molecular complexity index is 340. The van der Waals surface area contributed by atoms with Crippen LogP contribution in [0.5, 0.6) is 0 Å². The lowest BCUT2D eigenvalue weighted by atomic mass is 10.1. The molecule has 0 amide bonds. The average Bonchev–Trinajstić information content (AvgIpc) is 2.20. The number of hydrogen-bond donors (Lipinski definition) is 2. The summed E-state index contributed by atoms with van der Waals surface area (Å²) in [5, 5.41) is 5.17. The molecule has 4 nitrogen and oxygen atoms in total.